The van der Waals surface area contributed by atoms with Gasteiger partial charge in [0.2, 0.25) is 17.7 Å². The second-order valence-electron chi connectivity index (χ2n) is 6.30. The second kappa shape index (κ2) is 9.51. The zero-order chi connectivity index (χ0) is 20.7. The van der Waals surface area contributed by atoms with Crippen LogP contribution in [0.25, 0.3) is 10.9 Å². The van der Waals surface area contributed by atoms with Crippen molar-refractivity contribution >= 4 is 34.6 Å². The summed E-state index contributed by atoms with van der Waals surface area (Å²) in [5.41, 5.74) is 7.07. The first-order valence-corrected chi connectivity index (χ1v) is 8.65. The van der Waals surface area contributed by atoms with E-state index in [0.29, 0.717) is 0 Å². The molecule has 3 amide bonds. The van der Waals surface area contributed by atoms with Crippen LogP contribution >= 0.6 is 0 Å². The number of aliphatic carboxylic acids is 1. The van der Waals surface area contributed by atoms with E-state index in [1.54, 1.807) is 6.20 Å². The van der Waals surface area contributed by atoms with E-state index in [9.17, 15) is 19.2 Å². The Kier molecular flexibility index (Phi) is 7.10. The third-order valence-electron chi connectivity index (χ3n) is 4.00. The Hall–Kier alpha value is -3.40. The highest BCUT2D eigenvalue weighted by Gasteiger charge is 2.23. The Bertz CT molecular complexity index is 876. The number of rotatable bonds is 9. The SMILES string of the molecule is CC(N)C(=O)NCC(=O)NC(Cc1c[nH]c2ccccc12)C(=O)NCC(=O)O. The zero-order valence-corrected chi connectivity index (χ0v) is 15.3. The van der Waals surface area contributed by atoms with E-state index < -0.39 is 42.3 Å². The number of hydrogen-bond donors (Lipinski definition) is 6. The molecule has 2 aromatic rings. The van der Waals surface area contributed by atoms with Crippen LogP contribution in [0.4, 0.5) is 0 Å². The van der Waals surface area contributed by atoms with E-state index in [0.717, 1.165) is 16.5 Å². The number of nitrogens with one attached hydrogen (secondary N) is 4. The van der Waals surface area contributed by atoms with Gasteiger partial charge in [-0.2, -0.15) is 0 Å². The standard InChI is InChI=1S/C18H23N5O5/c1-10(19)17(27)21-8-15(24)23-14(18(28)22-9-16(25)26)6-11-7-20-13-5-3-2-4-12(11)13/h2-5,7,10,14,20H,6,8-9,19H2,1H3,(H,21,27)(H,22,28)(H,23,24)(H,25,26). The van der Waals surface area contributed by atoms with Gasteiger partial charge >= 0.3 is 5.97 Å². The smallest absolute Gasteiger partial charge is 0.322 e. The molecule has 0 spiro atoms. The van der Waals surface area contributed by atoms with Crippen molar-refractivity contribution in [3.63, 3.8) is 0 Å². The first-order valence-electron chi connectivity index (χ1n) is 8.65. The molecule has 1 heterocycles. The summed E-state index contributed by atoms with van der Waals surface area (Å²) in [5.74, 6) is -2.93. The van der Waals surface area contributed by atoms with Crippen LogP contribution in [0.2, 0.25) is 0 Å². The molecule has 0 radical (unpaired) electrons. The maximum absolute atomic E-state index is 12.4. The van der Waals surface area contributed by atoms with Crippen LogP contribution in [-0.4, -0.2) is 59.0 Å². The van der Waals surface area contributed by atoms with E-state index in [-0.39, 0.29) is 13.0 Å². The summed E-state index contributed by atoms with van der Waals surface area (Å²) in [6, 6.07) is 5.68. The first-order chi connectivity index (χ1) is 13.3. The number of para-hydroxylation sites is 1. The molecular weight excluding hydrogens is 366 g/mol. The molecule has 2 rings (SSSR count). The second-order valence-corrected chi connectivity index (χ2v) is 6.30. The van der Waals surface area contributed by atoms with Gasteiger partial charge in [0.05, 0.1) is 12.6 Å². The van der Waals surface area contributed by atoms with Crippen molar-refractivity contribution in [1.82, 2.24) is 20.9 Å². The van der Waals surface area contributed by atoms with Gasteiger partial charge in [0.25, 0.3) is 0 Å². The molecule has 0 fully saturated rings. The van der Waals surface area contributed by atoms with Crippen molar-refractivity contribution in [2.24, 2.45) is 5.73 Å². The lowest BCUT2D eigenvalue weighted by atomic mass is 10.0. The fourth-order valence-corrected chi connectivity index (χ4v) is 2.59. The molecule has 0 aliphatic rings. The van der Waals surface area contributed by atoms with Crippen molar-refractivity contribution in [2.75, 3.05) is 13.1 Å². The van der Waals surface area contributed by atoms with Gasteiger partial charge in [-0.1, -0.05) is 18.2 Å². The summed E-state index contributed by atoms with van der Waals surface area (Å²) in [4.78, 5) is 49.8. The molecule has 10 heteroatoms. The van der Waals surface area contributed by atoms with Crippen LogP contribution in [0.15, 0.2) is 30.5 Å². The van der Waals surface area contributed by atoms with E-state index in [1.165, 1.54) is 6.92 Å². The summed E-state index contributed by atoms with van der Waals surface area (Å²) < 4.78 is 0. The van der Waals surface area contributed by atoms with Gasteiger partial charge in [0.1, 0.15) is 12.6 Å². The third kappa shape index (κ3) is 5.81. The zero-order valence-electron chi connectivity index (χ0n) is 15.3. The molecule has 7 N–H and O–H groups in total. The highest BCUT2D eigenvalue weighted by Crippen LogP contribution is 2.19. The summed E-state index contributed by atoms with van der Waals surface area (Å²) in [6.45, 7) is 0.559. The van der Waals surface area contributed by atoms with Gasteiger partial charge in [0, 0.05) is 23.5 Å². The minimum Gasteiger partial charge on any atom is -0.480 e. The van der Waals surface area contributed by atoms with Crippen LogP contribution in [0.1, 0.15) is 12.5 Å². The Morgan fingerprint density at radius 1 is 1.11 bits per heavy atom. The Balaban J connectivity index is 2.10. The minimum atomic E-state index is -1.20. The van der Waals surface area contributed by atoms with Gasteiger partial charge in [-0.05, 0) is 18.6 Å². The van der Waals surface area contributed by atoms with Crippen molar-refractivity contribution in [3.05, 3.63) is 36.0 Å². The predicted octanol–water partition coefficient (Wildman–Crippen LogP) is -1.14. The lowest BCUT2D eigenvalue weighted by Gasteiger charge is -2.18. The van der Waals surface area contributed by atoms with Crippen molar-refractivity contribution < 1.29 is 24.3 Å². The van der Waals surface area contributed by atoms with E-state index >= 15 is 0 Å². The van der Waals surface area contributed by atoms with E-state index in [1.807, 2.05) is 24.3 Å². The number of carbonyl (C=O) groups excluding carboxylic acids is 3. The average molecular weight is 389 g/mol. The van der Waals surface area contributed by atoms with Crippen molar-refractivity contribution in [1.29, 1.82) is 0 Å². The Morgan fingerprint density at radius 2 is 1.79 bits per heavy atom. The lowest BCUT2D eigenvalue weighted by molar-refractivity contribution is -0.138. The predicted molar refractivity (Wildman–Crippen MR) is 101 cm³/mol. The van der Waals surface area contributed by atoms with Crippen molar-refractivity contribution in [2.45, 2.75) is 25.4 Å². The number of nitrogens with two attached hydrogens (primary N) is 1. The topological polar surface area (TPSA) is 166 Å². The monoisotopic (exact) mass is 389 g/mol. The quantitative estimate of drug-likeness (QED) is 0.317. The summed E-state index contributed by atoms with van der Waals surface area (Å²) in [6.07, 6.45) is 1.87. The molecule has 0 aliphatic carbocycles. The largest absolute Gasteiger partial charge is 0.480 e. The van der Waals surface area contributed by atoms with Crippen LogP contribution in [0.5, 0.6) is 0 Å². The maximum Gasteiger partial charge on any atom is 0.322 e. The molecule has 0 aliphatic heterocycles. The maximum atomic E-state index is 12.4. The molecule has 150 valence electrons. The summed E-state index contributed by atoms with van der Waals surface area (Å²) in [5, 5.41) is 16.8. The average Bonchev–Trinajstić information content (AvgIpc) is 3.06. The van der Waals surface area contributed by atoms with Crippen LogP contribution in [-0.2, 0) is 25.6 Å². The molecular formula is C18H23N5O5. The molecule has 0 saturated carbocycles. The fourth-order valence-electron chi connectivity index (χ4n) is 2.59. The molecule has 10 nitrogen and oxygen atoms in total. The number of benzene rings is 1. The Labute approximate surface area is 160 Å². The summed E-state index contributed by atoms with van der Waals surface area (Å²) >= 11 is 0. The van der Waals surface area contributed by atoms with E-state index in [4.69, 9.17) is 10.8 Å². The number of aromatic nitrogens is 1. The third-order valence-corrected chi connectivity index (χ3v) is 4.00. The van der Waals surface area contributed by atoms with Gasteiger partial charge in [-0.25, -0.2) is 0 Å². The van der Waals surface area contributed by atoms with Gasteiger partial charge in [0.15, 0.2) is 0 Å². The fraction of sp³-hybridized carbons (Fsp3) is 0.333. The molecule has 28 heavy (non-hydrogen) atoms. The van der Waals surface area contributed by atoms with E-state index in [2.05, 4.69) is 20.9 Å². The molecule has 1 aromatic heterocycles. The summed E-state index contributed by atoms with van der Waals surface area (Å²) in [7, 11) is 0. The van der Waals surface area contributed by atoms with Crippen molar-refractivity contribution in [3.8, 4) is 0 Å². The van der Waals surface area contributed by atoms with Crippen LogP contribution < -0.4 is 21.7 Å². The highest BCUT2D eigenvalue weighted by atomic mass is 16.4. The van der Waals surface area contributed by atoms with Crippen LogP contribution in [0.3, 0.4) is 0 Å². The van der Waals surface area contributed by atoms with Gasteiger partial charge < -0.3 is 31.8 Å². The number of hydrogen-bond acceptors (Lipinski definition) is 5. The highest BCUT2D eigenvalue weighted by molar-refractivity contribution is 5.92. The van der Waals surface area contributed by atoms with Gasteiger partial charge in [-0.15, -0.1) is 0 Å². The number of H-pyrrole nitrogens is 1. The number of carboxylic acids is 1. The molecule has 1 aromatic carbocycles. The number of fused-ring (bicyclic) bond motifs is 1. The Morgan fingerprint density at radius 3 is 2.46 bits per heavy atom. The first kappa shape index (κ1) is 20.9. The number of carboxylic acid groups (broad SMARTS) is 1. The number of amides is 3. The number of carbonyl (C=O) groups is 4. The molecule has 0 saturated heterocycles. The molecule has 2 unspecified atom stereocenters. The molecule has 0 bridgehead atoms. The minimum absolute atomic E-state index is 0.141. The van der Waals surface area contributed by atoms with Crippen LogP contribution in [0, 0.1) is 0 Å². The lowest BCUT2D eigenvalue weighted by Crippen LogP contribution is -2.52. The van der Waals surface area contributed by atoms with Gasteiger partial charge in [-0.3, -0.25) is 19.2 Å². The normalized spacial score (nSPS) is 12.8. The number of aromatic amines is 1. The molecule has 2 atom stereocenters.